The van der Waals surface area contributed by atoms with Crippen LogP contribution in [0.1, 0.15) is 30.4 Å². The van der Waals surface area contributed by atoms with Gasteiger partial charge in [-0.2, -0.15) is 9.57 Å². The predicted molar refractivity (Wildman–Crippen MR) is 97.6 cm³/mol. The van der Waals surface area contributed by atoms with E-state index >= 15 is 0 Å². The van der Waals surface area contributed by atoms with Crippen molar-refractivity contribution < 1.29 is 8.42 Å². The first kappa shape index (κ1) is 17.9. The third-order valence-corrected chi connectivity index (χ3v) is 7.05. The van der Waals surface area contributed by atoms with Gasteiger partial charge in [0.25, 0.3) is 0 Å². The standard InChI is InChI=1S/C18H19N3O2S2/c19-12-15-6-2-3-7-16(15)14-24-18-9-8-17(13-20-18)25(22,23)21-10-4-1-5-11-21/h2-3,6-9,13H,1,4-5,10-11,14H2. The minimum atomic E-state index is -3.44. The second-order valence-corrected chi connectivity index (χ2v) is 8.79. The molecular formula is C18H19N3O2S2. The Hall–Kier alpha value is -1.88. The maximum absolute atomic E-state index is 12.6. The van der Waals surface area contributed by atoms with Crippen LogP contribution in [0.25, 0.3) is 0 Å². The molecule has 0 radical (unpaired) electrons. The highest BCUT2D eigenvalue weighted by atomic mass is 32.2. The van der Waals surface area contributed by atoms with Crippen molar-refractivity contribution in [2.45, 2.75) is 34.9 Å². The Morgan fingerprint density at radius 2 is 1.88 bits per heavy atom. The number of rotatable bonds is 5. The van der Waals surface area contributed by atoms with E-state index in [1.165, 1.54) is 18.0 Å². The summed E-state index contributed by atoms with van der Waals surface area (Å²) in [5.74, 6) is 0.620. The van der Waals surface area contributed by atoms with Crippen LogP contribution in [0.5, 0.6) is 0 Å². The zero-order valence-corrected chi connectivity index (χ0v) is 15.4. The summed E-state index contributed by atoms with van der Waals surface area (Å²) in [6, 6.07) is 13.0. The number of benzene rings is 1. The van der Waals surface area contributed by atoms with Crippen LogP contribution >= 0.6 is 11.8 Å². The minimum absolute atomic E-state index is 0.246. The molecule has 1 aromatic heterocycles. The van der Waals surface area contributed by atoms with Crippen molar-refractivity contribution in [2.24, 2.45) is 0 Å². The number of sulfonamides is 1. The molecule has 0 aliphatic carbocycles. The summed E-state index contributed by atoms with van der Waals surface area (Å²) in [7, 11) is -3.44. The lowest BCUT2D eigenvalue weighted by atomic mass is 10.1. The molecule has 2 heterocycles. The topological polar surface area (TPSA) is 74.1 Å². The molecule has 2 aromatic rings. The van der Waals surface area contributed by atoms with Crippen molar-refractivity contribution in [2.75, 3.05) is 13.1 Å². The van der Waals surface area contributed by atoms with E-state index in [1.807, 2.05) is 18.2 Å². The van der Waals surface area contributed by atoms with Crippen LogP contribution in [0, 0.1) is 11.3 Å². The fourth-order valence-corrected chi connectivity index (χ4v) is 5.08. The Morgan fingerprint density at radius 3 is 2.56 bits per heavy atom. The van der Waals surface area contributed by atoms with Crippen molar-refractivity contribution in [1.82, 2.24) is 9.29 Å². The van der Waals surface area contributed by atoms with Gasteiger partial charge in [0.15, 0.2) is 0 Å². The Kier molecular flexibility index (Phi) is 5.74. The summed E-state index contributed by atoms with van der Waals surface area (Å²) in [6.07, 6.45) is 4.35. The first-order valence-electron chi connectivity index (χ1n) is 8.18. The summed E-state index contributed by atoms with van der Waals surface area (Å²) in [4.78, 5) is 4.53. The molecule has 1 saturated heterocycles. The Balaban J connectivity index is 1.69. The smallest absolute Gasteiger partial charge is 0.244 e. The van der Waals surface area contributed by atoms with E-state index in [9.17, 15) is 8.42 Å². The molecule has 1 aliphatic rings. The highest BCUT2D eigenvalue weighted by molar-refractivity contribution is 7.98. The van der Waals surface area contributed by atoms with Crippen LogP contribution in [0.15, 0.2) is 52.5 Å². The van der Waals surface area contributed by atoms with Crippen molar-refractivity contribution in [1.29, 1.82) is 5.26 Å². The molecule has 0 atom stereocenters. The predicted octanol–water partition coefficient (Wildman–Crippen LogP) is 3.42. The third-order valence-electron chi connectivity index (χ3n) is 4.18. The molecule has 3 rings (SSSR count). The van der Waals surface area contributed by atoms with Crippen molar-refractivity contribution in [3.8, 4) is 6.07 Å². The monoisotopic (exact) mass is 373 g/mol. The molecule has 0 amide bonds. The lowest BCUT2D eigenvalue weighted by Crippen LogP contribution is -2.35. The molecule has 0 N–H and O–H groups in total. The largest absolute Gasteiger partial charge is 0.249 e. The maximum Gasteiger partial charge on any atom is 0.244 e. The van der Waals surface area contributed by atoms with Crippen molar-refractivity contribution in [3.63, 3.8) is 0 Å². The van der Waals surface area contributed by atoms with Gasteiger partial charge in [-0.05, 0) is 36.6 Å². The van der Waals surface area contributed by atoms with E-state index in [2.05, 4.69) is 11.1 Å². The Bertz CT molecular complexity index is 868. The van der Waals surface area contributed by atoms with Crippen LogP contribution in [-0.2, 0) is 15.8 Å². The minimum Gasteiger partial charge on any atom is -0.249 e. The van der Waals surface area contributed by atoms with E-state index in [1.54, 1.807) is 22.5 Å². The van der Waals surface area contributed by atoms with Crippen LogP contribution in [0.2, 0.25) is 0 Å². The summed E-state index contributed by atoms with van der Waals surface area (Å²) < 4.78 is 26.8. The quantitative estimate of drug-likeness (QED) is 0.751. The van der Waals surface area contributed by atoms with Gasteiger partial charge in [-0.15, -0.1) is 11.8 Å². The van der Waals surface area contributed by atoms with Crippen LogP contribution in [-0.4, -0.2) is 30.8 Å². The normalized spacial score (nSPS) is 15.6. The second kappa shape index (κ2) is 8.00. The van der Waals surface area contributed by atoms with Gasteiger partial charge in [-0.25, -0.2) is 13.4 Å². The van der Waals surface area contributed by atoms with Gasteiger partial charge in [-0.3, -0.25) is 0 Å². The first-order chi connectivity index (χ1) is 12.1. The molecule has 1 aliphatic heterocycles. The first-order valence-corrected chi connectivity index (χ1v) is 10.6. The molecule has 25 heavy (non-hydrogen) atoms. The lowest BCUT2D eigenvalue weighted by molar-refractivity contribution is 0.346. The number of hydrogen-bond acceptors (Lipinski definition) is 5. The van der Waals surface area contributed by atoms with Gasteiger partial charge in [0.05, 0.1) is 16.7 Å². The SMILES string of the molecule is N#Cc1ccccc1CSc1ccc(S(=O)(=O)N2CCCCC2)cn1. The highest BCUT2D eigenvalue weighted by Crippen LogP contribution is 2.25. The van der Waals surface area contributed by atoms with Gasteiger partial charge >= 0.3 is 0 Å². The zero-order valence-electron chi connectivity index (χ0n) is 13.8. The van der Waals surface area contributed by atoms with E-state index < -0.39 is 10.0 Å². The molecule has 1 fully saturated rings. The van der Waals surface area contributed by atoms with E-state index in [0.29, 0.717) is 24.4 Å². The molecule has 0 saturated carbocycles. The number of hydrogen-bond donors (Lipinski definition) is 0. The van der Waals surface area contributed by atoms with Crippen LogP contribution in [0.3, 0.4) is 0 Å². The highest BCUT2D eigenvalue weighted by Gasteiger charge is 2.26. The number of piperidine rings is 1. The Labute approximate surface area is 152 Å². The molecule has 1 aromatic carbocycles. The number of thioether (sulfide) groups is 1. The molecule has 0 bridgehead atoms. The molecule has 5 nitrogen and oxygen atoms in total. The van der Waals surface area contributed by atoms with Crippen LogP contribution < -0.4 is 0 Å². The summed E-state index contributed by atoms with van der Waals surface area (Å²) >= 11 is 1.49. The van der Waals surface area contributed by atoms with E-state index in [-0.39, 0.29) is 4.90 Å². The number of pyridine rings is 1. The molecular weight excluding hydrogens is 354 g/mol. The number of nitriles is 1. The summed E-state index contributed by atoms with van der Waals surface area (Å²) in [6.45, 7) is 1.17. The molecule has 0 spiro atoms. The zero-order chi connectivity index (χ0) is 17.7. The summed E-state index contributed by atoms with van der Waals surface area (Å²) in [5, 5.41) is 9.86. The average Bonchev–Trinajstić information content (AvgIpc) is 2.67. The van der Waals surface area contributed by atoms with E-state index in [4.69, 9.17) is 5.26 Å². The number of nitrogens with zero attached hydrogens (tertiary/aromatic N) is 3. The van der Waals surface area contributed by atoms with Crippen molar-refractivity contribution in [3.05, 3.63) is 53.7 Å². The van der Waals surface area contributed by atoms with Gasteiger partial charge in [0, 0.05) is 25.0 Å². The fourth-order valence-electron chi connectivity index (χ4n) is 2.77. The maximum atomic E-state index is 12.6. The van der Waals surface area contributed by atoms with Gasteiger partial charge in [0.2, 0.25) is 10.0 Å². The van der Waals surface area contributed by atoms with Gasteiger partial charge < -0.3 is 0 Å². The average molecular weight is 374 g/mol. The molecule has 7 heteroatoms. The summed E-state index contributed by atoms with van der Waals surface area (Å²) in [5.41, 5.74) is 1.60. The molecule has 0 unspecified atom stereocenters. The Morgan fingerprint density at radius 1 is 1.12 bits per heavy atom. The second-order valence-electron chi connectivity index (χ2n) is 5.85. The fraction of sp³-hybridized carbons (Fsp3) is 0.333. The molecule has 130 valence electrons. The van der Waals surface area contributed by atoms with Gasteiger partial charge in [-0.1, -0.05) is 24.6 Å². The lowest BCUT2D eigenvalue weighted by Gasteiger charge is -2.25. The third kappa shape index (κ3) is 4.21. The van der Waals surface area contributed by atoms with E-state index in [0.717, 1.165) is 29.9 Å². The van der Waals surface area contributed by atoms with Gasteiger partial charge in [0.1, 0.15) is 4.90 Å². The van der Waals surface area contributed by atoms with Crippen LogP contribution in [0.4, 0.5) is 0 Å². The van der Waals surface area contributed by atoms with Crippen molar-refractivity contribution >= 4 is 21.8 Å². The number of aromatic nitrogens is 1.